The summed E-state index contributed by atoms with van der Waals surface area (Å²) in [6.07, 6.45) is 0. The summed E-state index contributed by atoms with van der Waals surface area (Å²) < 4.78 is 0. The van der Waals surface area contributed by atoms with Gasteiger partial charge in [-0.1, -0.05) is 42.5 Å². The van der Waals surface area contributed by atoms with E-state index in [2.05, 4.69) is 24.0 Å². The molecule has 0 aliphatic rings. The van der Waals surface area contributed by atoms with Crippen molar-refractivity contribution >= 4 is 17.7 Å². The van der Waals surface area contributed by atoms with E-state index < -0.39 is 0 Å². The van der Waals surface area contributed by atoms with Crippen molar-refractivity contribution in [3.8, 4) is 0 Å². The van der Waals surface area contributed by atoms with Crippen LogP contribution in [0.15, 0.2) is 42.5 Å². The number of rotatable bonds is 6. The van der Waals surface area contributed by atoms with Gasteiger partial charge in [0.15, 0.2) is 0 Å². The van der Waals surface area contributed by atoms with E-state index in [0.717, 1.165) is 11.3 Å². The number of carbonyl (C=O) groups excluding carboxylic acids is 1. The topological polar surface area (TPSA) is 29.1 Å². The van der Waals surface area contributed by atoms with Crippen LogP contribution in [0.4, 0.5) is 0 Å². The Hall–Kier alpha value is -1.22. The average Bonchev–Trinajstić information content (AvgIpc) is 2.28. The Morgan fingerprint density at radius 2 is 2.06 bits per heavy atom. The summed E-state index contributed by atoms with van der Waals surface area (Å²) in [5, 5.41) is 2.81. The molecule has 0 saturated carbocycles. The molecule has 0 atom stereocenters. The minimum Gasteiger partial charge on any atom is -0.352 e. The van der Waals surface area contributed by atoms with Crippen molar-refractivity contribution in [1.82, 2.24) is 5.32 Å². The van der Waals surface area contributed by atoms with Crippen LogP contribution < -0.4 is 5.32 Å². The lowest BCUT2D eigenvalue weighted by Crippen LogP contribution is -2.26. The molecule has 2 nitrogen and oxygen atoms in total. The van der Waals surface area contributed by atoms with Crippen LogP contribution >= 0.6 is 11.8 Å². The van der Waals surface area contributed by atoms with Crippen LogP contribution in [-0.4, -0.2) is 18.2 Å². The van der Waals surface area contributed by atoms with Gasteiger partial charge in [-0.3, -0.25) is 4.79 Å². The van der Waals surface area contributed by atoms with Gasteiger partial charge in [-0.05, 0) is 12.5 Å². The molecule has 86 valence electrons. The van der Waals surface area contributed by atoms with E-state index in [4.69, 9.17) is 0 Å². The molecule has 0 heterocycles. The molecule has 16 heavy (non-hydrogen) atoms. The molecular weight excluding hydrogens is 218 g/mol. The van der Waals surface area contributed by atoms with Crippen LogP contribution in [0.5, 0.6) is 0 Å². The minimum atomic E-state index is 0.0731. The first-order valence-corrected chi connectivity index (χ1v) is 6.36. The molecule has 0 aromatic heterocycles. The maximum Gasteiger partial charge on any atom is 0.230 e. The Labute approximate surface area is 101 Å². The third kappa shape index (κ3) is 5.61. The second-order valence-corrected chi connectivity index (χ2v) is 4.70. The molecule has 1 rings (SSSR count). The minimum absolute atomic E-state index is 0.0731. The fraction of sp³-hybridized carbons (Fsp3) is 0.308. The second kappa shape index (κ2) is 7.12. The summed E-state index contributed by atoms with van der Waals surface area (Å²) in [6, 6.07) is 10.2. The van der Waals surface area contributed by atoms with Crippen molar-refractivity contribution in [2.24, 2.45) is 0 Å². The van der Waals surface area contributed by atoms with Gasteiger partial charge in [-0.25, -0.2) is 0 Å². The molecule has 0 radical (unpaired) electrons. The summed E-state index contributed by atoms with van der Waals surface area (Å²) >= 11 is 1.62. The quantitative estimate of drug-likeness (QED) is 0.768. The zero-order chi connectivity index (χ0) is 11.8. The highest BCUT2D eigenvalue weighted by Gasteiger charge is 2.00. The molecule has 0 fully saturated rings. The van der Waals surface area contributed by atoms with Gasteiger partial charge in [0.1, 0.15) is 0 Å². The molecule has 1 aromatic rings. The van der Waals surface area contributed by atoms with Crippen LogP contribution in [0.25, 0.3) is 0 Å². The molecule has 0 unspecified atom stereocenters. The molecule has 1 N–H and O–H groups in total. The van der Waals surface area contributed by atoms with Crippen molar-refractivity contribution in [2.75, 3.05) is 12.3 Å². The van der Waals surface area contributed by atoms with Crippen LogP contribution in [-0.2, 0) is 10.5 Å². The first-order valence-electron chi connectivity index (χ1n) is 5.21. The van der Waals surface area contributed by atoms with Crippen LogP contribution in [0, 0.1) is 0 Å². The second-order valence-electron chi connectivity index (χ2n) is 3.71. The Bertz CT molecular complexity index is 348. The third-order valence-electron chi connectivity index (χ3n) is 1.93. The number of nitrogens with one attached hydrogen (secondary N) is 1. The molecule has 0 spiro atoms. The normalized spacial score (nSPS) is 9.81. The standard InChI is InChI=1S/C13H17NOS/c1-11(2)8-14-13(15)10-16-9-12-6-4-3-5-7-12/h3-7H,1,8-10H2,2H3,(H,14,15). The van der Waals surface area contributed by atoms with Crippen molar-refractivity contribution in [2.45, 2.75) is 12.7 Å². The van der Waals surface area contributed by atoms with Gasteiger partial charge in [-0.15, -0.1) is 11.8 Å². The summed E-state index contributed by atoms with van der Waals surface area (Å²) in [7, 11) is 0. The molecular formula is C13H17NOS. The predicted molar refractivity (Wildman–Crippen MR) is 70.4 cm³/mol. The number of amides is 1. The fourth-order valence-corrected chi connectivity index (χ4v) is 1.95. The van der Waals surface area contributed by atoms with E-state index in [1.165, 1.54) is 5.56 Å². The van der Waals surface area contributed by atoms with Gasteiger partial charge in [0, 0.05) is 12.3 Å². The number of benzene rings is 1. The number of thioether (sulfide) groups is 1. The average molecular weight is 235 g/mol. The van der Waals surface area contributed by atoms with E-state index >= 15 is 0 Å². The maximum absolute atomic E-state index is 11.4. The molecule has 1 amide bonds. The molecule has 1 aromatic carbocycles. The van der Waals surface area contributed by atoms with Gasteiger partial charge in [0.25, 0.3) is 0 Å². The number of carbonyl (C=O) groups is 1. The summed E-state index contributed by atoms with van der Waals surface area (Å²) in [5.74, 6) is 1.45. The lowest BCUT2D eigenvalue weighted by atomic mass is 10.2. The van der Waals surface area contributed by atoms with Crippen molar-refractivity contribution in [3.63, 3.8) is 0 Å². The number of hydrogen-bond acceptors (Lipinski definition) is 2. The highest BCUT2D eigenvalue weighted by Crippen LogP contribution is 2.10. The molecule has 3 heteroatoms. The largest absolute Gasteiger partial charge is 0.352 e. The van der Waals surface area contributed by atoms with Crippen LogP contribution in [0.1, 0.15) is 12.5 Å². The molecule has 0 saturated heterocycles. The highest BCUT2D eigenvalue weighted by molar-refractivity contribution is 7.99. The van der Waals surface area contributed by atoms with Crippen LogP contribution in [0.2, 0.25) is 0 Å². The first-order chi connectivity index (χ1) is 7.68. The first kappa shape index (κ1) is 12.8. The highest BCUT2D eigenvalue weighted by atomic mass is 32.2. The Morgan fingerprint density at radius 3 is 2.69 bits per heavy atom. The smallest absolute Gasteiger partial charge is 0.230 e. The Morgan fingerprint density at radius 1 is 1.38 bits per heavy atom. The maximum atomic E-state index is 11.4. The molecule has 0 bridgehead atoms. The van der Waals surface area contributed by atoms with Crippen molar-refractivity contribution < 1.29 is 4.79 Å². The van der Waals surface area contributed by atoms with Crippen LogP contribution in [0.3, 0.4) is 0 Å². The van der Waals surface area contributed by atoms with Gasteiger partial charge >= 0.3 is 0 Å². The lowest BCUT2D eigenvalue weighted by Gasteiger charge is -2.04. The SMILES string of the molecule is C=C(C)CNC(=O)CSCc1ccccc1. The van der Waals surface area contributed by atoms with Gasteiger partial charge in [0.05, 0.1) is 5.75 Å². The zero-order valence-electron chi connectivity index (χ0n) is 9.53. The number of hydrogen-bond donors (Lipinski definition) is 1. The van der Waals surface area contributed by atoms with Gasteiger partial charge in [0.2, 0.25) is 5.91 Å². The van der Waals surface area contributed by atoms with E-state index in [0.29, 0.717) is 12.3 Å². The van der Waals surface area contributed by atoms with E-state index in [1.54, 1.807) is 11.8 Å². The zero-order valence-corrected chi connectivity index (χ0v) is 10.3. The van der Waals surface area contributed by atoms with Crippen molar-refractivity contribution in [1.29, 1.82) is 0 Å². The van der Waals surface area contributed by atoms with Gasteiger partial charge < -0.3 is 5.32 Å². The monoisotopic (exact) mass is 235 g/mol. The summed E-state index contributed by atoms with van der Waals surface area (Å²) in [5.41, 5.74) is 2.22. The van der Waals surface area contributed by atoms with E-state index in [1.807, 2.05) is 25.1 Å². The summed E-state index contributed by atoms with van der Waals surface area (Å²) in [4.78, 5) is 11.4. The van der Waals surface area contributed by atoms with E-state index in [9.17, 15) is 4.79 Å². The third-order valence-corrected chi connectivity index (χ3v) is 2.94. The molecule has 0 aliphatic carbocycles. The lowest BCUT2D eigenvalue weighted by molar-refractivity contribution is -0.118. The molecule has 0 aliphatic heterocycles. The Kier molecular flexibility index (Phi) is 5.72. The Balaban J connectivity index is 2.16. The van der Waals surface area contributed by atoms with Crippen molar-refractivity contribution in [3.05, 3.63) is 48.0 Å². The fourth-order valence-electron chi connectivity index (χ4n) is 1.14. The van der Waals surface area contributed by atoms with E-state index in [-0.39, 0.29) is 5.91 Å². The van der Waals surface area contributed by atoms with Gasteiger partial charge in [-0.2, -0.15) is 0 Å². The predicted octanol–water partition coefficient (Wildman–Crippen LogP) is 2.61. The summed E-state index contributed by atoms with van der Waals surface area (Å²) in [6.45, 7) is 6.21.